The Hall–Kier alpha value is -0.900. The minimum Gasteiger partial charge on any atom is -0.317 e. The number of aromatic nitrogens is 3. The minimum absolute atomic E-state index is 0.558. The number of aryl methyl sites for hydroxylation is 1. The molecule has 1 aliphatic rings. The number of hydrogen-bond acceptors (Lipinski definition) is 3. The maximum Gasteiger partial charge on any atom is 0.146 e. The first kappa shape index (κ1) is 10.6. The van der Waals surface area contributed by atoms with Gasteiger partial charge in [0.05, 0.1) is 6.54 Å². The summed E-state index contributed by atoms with van der Waals surface area (Å²) >= 11 is 0. The van der Waals surface area contributed by atoms with Crippen LogP contribution in [0.2, 0.25) is 0 Å². The summed E-state index contributed by atoms with van der Waals surface area (Å²) in [5.41, 5.74) is 0.558. The van der Waals surface area contributed by atoms with Crippen molar-refractivity contribution < 1.29 is 0 Å². The average Bonchev–Trinajstić information content (AvgIpc) is 2.65. The highest BCUT2D eigenvalue weighted by molar-refractivity contribution is 4.97. The third kappa shape index (κ3) is 2.20. The molecule has 0 saturated heterocycles. The predicted molar refractivity (Wildman–Crippen MR) is 59.3 cm³/mol. The lowest BCUT2D eigenvalue weighted by Gasteiger charge is -2.05. The van der Waals surface area contributed by atoms with Gasteiger partial charge in [-0.3, -0.25) is 0 Å². The highest BCUT2D eigenvalue weighted by Gasteiger charge is 2.44. The summed E-state index contributed by atoms with van der Waals surface area (Å²) in [4.78, 5) is 0. The monoisotopic (exact) mass is 208 g/mol. The minimum atomic E-state index is 0.558. The summed E-state index contributed by atoms with van der Waals surface area (Å²) in [5.74, 6) is 2.83. The smallest absolute Gasteiger partial charge is 0.146 e. The number of nitrogens with zero attached hydrogens (tertiary/aromatic N) is 3. The molecule has 0 bridgehead atoms. The zero-order valence-electron chi connectivity index (χ0n) is 10.0. The summed E-state index contributed by atoms with van der Waals surface area (Å²) in [6.07, 6.45) is 1.35. The molecule has 2 rings (SSSR count). The van der Waals surface area contributed by atoms with Crippen LogP contribution in [0, 0.1) is 18.3 Å². The second-order valence-corrected chi connectivity index (χ2v) is 5.24. The third-order valence-corrected chi connectivity index (χ3v) is 3.57. The molecule has 15 heavy (non-hydrogen) atoms. The van der Waals surface area contributed by atoms with Crippen LogP contribution < -0.4 is 5.32 Å². The van der Waals surface area contributed by atoms with E-state index in [2.05, 4.69) is 29.4 Å². The van der Waals surface area contributed by atoms with Gasteiger partial charge in [-0.05, 0) is 31.2 Å². The fourth-order valence-corrected chi connectivity index (χ4v) is 1.89. The van der Waals surface area contributed by atoms with Gasteiger partial charge in [0.1, 0.15) is 11.6 Å². The molecule has 0 spiro atoms. The molecule has 0 aromatic carbocycles. The van der Waals surface area contributed by atoms with Crippen molar-refractivity contribution in [2.24, 2.45) is 18.4 Å². The normalized spacial score (nSPS) is 23.1. The Bertz CT molecular complexity index is 353. The molecule has 1 N–H and O–H groups in total. The van der Waals surface area contributed by atoms with Crippen molar-refractivity contribution in [3.05, 3.63) is 11.6 Å². The van der Waals surface area contributed by atoms with Crippen molar-refractivity contribution in [3.8, 4) is 0 Å². The molecule has 4 heteroatoms. The first-order chi connectivity index (χ1) is 7.00. The van der Waals surface area contributed by atoms with E-state index >= 15 is 0 Å². The largest absolute Gasteiger partial charge is 0.317 e. The van der Waals surface area contributed by atoms with Gasteiger partial charge in [-0.1, -0.05) is 13.8 Å². The van der Waals surface area contributed by atoms with Crippen molar-refractivity contribution in [3.63, 3.8) is 0 Å². The Morgan fingerprint density at radius 1 is 1.47 bits per heavy atom. The van der Waals surface area contributed by atoms with Gasteiger partial charge in [0, 0.05) is 7.05 Å². The Kier molecular flexibility index (Phi) is 2.54. The van der Waals surface area contributed by atoms with Crippen LogP contribution in [-0.2, 0) is 13.6 Å². The summed E-state index contributed by atoms with van der Waals surface area (Å²) in [6, 6.07) is 0. The molecule has 1 heterocycles. The van der Waals surface area contributed by atoms with Crippen LogP contribution in [0.15, 0.2) is 0 Å². The Balaban J connectivity index is 1.77. The number of hydrogen-bond donors (Lipinski definition) is 1. The van der Waals surface area contributed by atoms with Crippen LogP contribution in [0.25, 0.3) is 0 Å². The molecule has 1 fully saturated rings. The molecule has 1 aliphatic carbocycles. The summed E-state index contributed by atoms with van der Waals surface area (Å²) < 4.78 is 2.03. The molecule has 84 valence electrons. The van der Waals surface area contributed by atoms with Gasteiger partial charge in [-0.2, -0.15) is 0 Å². The van der Waals surface area contributed by atoms with Gasteiger partial charge in [-0.15, -0.1) is 10.2 Å². The first-order valence-corrected chi connectivity index (χ1v) is 5.56. The van der Waals surface area contributed by atoms with Crippen molar-refractivity contribution in [2.45, 2.75) is 33.7 Å². The Morgan fingerprint density at radius 3 is 2.60 bits per heavy atom. The van der Waals surface area contributed by atoms with E-state index in [1.54, 1.807) is 0 Å². The van der Waals surface area contributed by atoms with Gasteiger partial charge >= 0.3 is 0 Å². The van der Waals surface area contributed by atoms with Crippen LogP contribution in [0.1, 0.15) is 31.9 Å². The van der Waals surface area contributed by atoms with E-state index in [9.17, 15) is 0 Å². The average molecular weight is 208 g/mol. The molecule has 1 unspecified atom stereocenters. The first-order valence-electron chi connectivity index (χ1n) is 5.56. The topological polar surface area (TPSA) is 42.7 Å². The van der Waals surface area contributed by atoms with E-state index in [0.717, 1.165) is 30.7 Å². The lowest BCUT2D eigenvalue weighted by molar-refractivity contribution is 0.511. The lowest BCUT2D eigenvalue weighted by atomic mass is 10.1. The number of nitrogens with one attached hydrogen (secondary N) is 1. The van der Waals surface area contributed by atoms with Gasteiger partial charge < -0.3 is 9.88 Å². The summed E-state index contributed by atoms with van der Waals surface area (Å²) in [5, 5.41) is 11.6. The van der Waals surface area contributed by atoms with Crippen LogP contribution in [0.4, 0.5) is 0 Å². The van der Waals surface area contributed by atoms with Crippen LogP contribution in [-0.4, -0.2) is 21.3 Å². The van der Waals surface area contributed by atoms with E-state index in [1.807, 2.05) is 18.5 Å². The molecule has 1 aromatic heterocycles. The Morgan fingerprint density at radius 2 is 2.13 bits per heavy atom. The fraction of sp³-hybridized carbons (Fsp3) is 0.818. The second kappa shape index (κ2) is 3.59. The van der Waals surface area contributed by atoms with Crippen LogP contribution in [0.3, 0.4) is 0 Å². The van der Waals surface area contributed by atoms with Crippen molar-refractivity contribution >= 4 is 0 Å². The molecule has 1 saturated carbocycles. The molecule has 1 atom stereocenters. The van der Waals surface area contributed by atoms with Gasteiger partial charge in [0.15, 0.2) is 0 Å². The maximum atomic E-state index is 4.12. The van der Waals surface area contributed by atoms with Crippen molar-refractivity contribution in [2.75, 3.05) is 6.54 Å². The highest BCUT2D eigenvalue weighted by atomic mass is 15.3. The van der Waals surface area contributed by atoms with Crippen molar-refractivity contribution in [1.29, 1.82) is 0 Å². The van der Waals surface area contributed by atoms with E-state index < -0.39 is 0 Å². The highest BCUT2D eigenvalue weighted by Crippen LogP contribution is 2.50. The quantitative estimate of drug-likeness (QED) is 0.810. The molecule has 0 radical (unpaired) electrons. The second-order valence-electron chi connectivity index (χ2n) is 5.24. The van der Waals surface area contributed by atoms with Crippen molar-refractivity contribution in [1.82, 2.24) is 20.1 Å². The Labute approximate surface area is 91.1 Å². The van der Waals surface area contributed by atoms with Crippen LogP contribution in [0.5, 0.6) is 0 Å². The van der Waals surface area contributed by atoms with Gasteiger partial charge in [0.2, 0.25) is 0 Å². The SMILES string of the molecule is Cc1nnc(CNCC2CC2(C)C)n1C. The lowest BCUT2D eigenvalue weighted by Crippen LogP contribution is -2.20. The molecule has 0 amide bonds. The fourth-order valence-electron chi connectivity index (χ4n) is 1.89. The number of rotatable bonds is 4. The van der Waals surface area contributed by atoms with E-state index in [0.29, 0.717) is 5.41 Å². The maximum absolute atomic E-state index is 4.12. The van der Waals surface area contributed by atoms with Gasteiger partial charge in [-0.25, -0.2) is 0 Å². The third-order valence-electron chi connectivity index (χ3n) is 3.57. The molecule has 4 nitrogen and oxygen atoms in total. The van der Waals surface area contributed by atoms with E-state index in [4.69, 9.17) is 0 Å². The zero-order chi connectivity index (χ0) is 11.1. The van der Waals surface area contributed by atoms with E-state index in [-0.39, 0.29) is 0 Å². The summed E-state index contributed by atoms with van der Waals surface area (Å²) in [6.45, 7) is 8.54. The standard InChI is InChI=1S/C11H20N4/c1-8-13-14-10(15(8)4)7-12-6-9-5-11(9,2)3/h9,12H,5-7H2,1-4H3. The molecular formula is C11H20N4. The molecular weight excluding hydrogens is 188 g/mol. The molecule has 0 aliphatic heterocycles. The predicted octanol–water partition coefficient (Wildman–Crippen LogP) is 1.26. The van der Waals surface area contributed by atoms with Gasteiger partial charge in [0.25, 0.3) is 0 Å². The molecule has 1 aromatic rings. The van der Waals surface area contributed by atoms with Crippen LogP contribution >= 0.6 is 0 Å². The van der Waals surface area contributed by atoms with E-state index in [1.165, 1.54) is 6.42 Å². The zero-order valence-corrected chi connectivity index (χ0v) is 10.0. The summed E-state index contributed by atoms with van der Waals surface area (Å²) in [7, 11) is 2.01.